The highest BCUT2D eigenvalue weighted by Gasteiger charge is 2.32. The number of hydrogen-bond acceptors (Lipinski definition) is 6. The van der Waals surface area contributed by atoms with E-state index in [1.54, 1.807) is 16.7 Å². The minimum Gasteiger partial charge on any atom is -0.493 e. The third kappa shape index (κ3) is 4.07. The average Bonchev–Trinajstić information content (AvgIpc) is 3.09. The van der Waals surface area contributed by atoms with E-state index in [1.807, 2.05) is 12.1 Å². The lowest BCUT2D eigenvalue weighted by Gasteiger charge is -2.35. The van der Waals surface area contributed by atoms with E-state index in [9.17, 15) is 14.4 Å². The molecule has 25 heavy (non-hydrogen) atoms. The zero-order chi connectivity index (χ0) is 17.8. The number of nitrogens with one attached hydrogen (secondary N) is 1. The highest BCUT2D eigenvalue weighted by Crippen LogP contribution is 2.39. The molecule has 2 amide bonds. The van der Waals surface area contributed by atoms with Crippen LogP contribution >= 0.6 is 11.8 Å². The quantitative estimate of drug-likeness (QED) is 0.781. The number of nitrogens with zero attached hydrogens (tertiary/aromatic N) is 1. The number of carbonyl (C=O) groups excluding carboxylic acids is 3. The van der Waals surface area contributed by atoms with Crippen molar-refractivity contribution < 1.29 is 23.9 Å². The Hall–Kier alpha value is -2.22. The minimum atomic E-state index is -0.525. The van der Waals surface area contributed by atoms with E-state index < -0.39 is 5.97 Å². The summed E-state index contributed by atoms with van der Waals surface area (Å²) < 4.78 is 10.0. The Morgan fingerprint density at radius 3 is 3.04 bits per heavy atom. The molecule has 0 radical (unpaired) electrons. The van der Waals surface area contributed by atoms with Gasteiger partial charge in [0, 0.05) is 18.6 Å². The molecule has 1 atom stereocenters. The van der Waals surface area contributed by atoms with Crippen molar-refractivity contribution in [1.29, 1.82) is 0 Å². The van der Waals surface area contributed by atoms with Crippen LogP contribution in [0.1, 0.15) is 22.9 Å². The molecule has 1 saturated heterocycles. The summed E-state index contributed by atoms with van der Waals surface area (Å²) in [7, 11) is 1.26. The number of rotatable bonds is 5. The van der Waals surface area contributed by atoms with Crippen molar-refractivity contribution in [1.82, 2.24) is 10.2 Å². The molecule has 2 aliphatic heterocycles. The van der Waals surface area contributed by atoms with Crippen molar-refractivity contribution in [2.24, 2.45) is 0 Å². The van der Waals surface area contributed by atoms with Gasteiger partial charge in [-0.25, -0.2) is 0 Å². The first-order valence-corrected chi connectivity index (χ1v) is 9.13. The van der Waals surface area contributed by atoms with Gasteiger partial charge >= 0.3 is 5.97 Å². The van der Waals surface area contributed by atoms with Crippen molar-refractivity contribution in [3.8, 4) is 5.75 Å². The van der Waals surface area contributed by atoms with E-state index in [4.69, 9.17) is 4.74 Å². The number of fused-ring (bicyclic) bond motifs is 1. The van der Waals surface area contributed by atoms with E-state index in [-0.39, 0.29) is 30.3 Å². The van der Waals surface area contributed by atoms with Gasteiger partial charge < -0.3 is 19.7 Å². The van der Waals surface area contributed by atoms with Gasteiger partial charge in [-0.15, -0.1) is 11.8 Å². The summed E-state index contributed by atoms with van der Waals surface area (Å²) in [6.45, 7) is 0.390. The van der Waals surface area contributed by atoms with Crippen LogP contribution in [-0.4, -0.2) is 55.2 Å². The summed E-state index contributed by atoms with van der Waals surface area (Å²) in [5, 5.41) is 2.27. The Morgan fingerprint density at radius 1 is 1.40 bits per heavy atom. The highest BCUT2D eigenvalue weighted by molar-refractivity contribution is 7.99. The molecule has 2 aliphatic rings. The van der Waals surface area contributed by atoms with Crippen LogP contribution in [0, 0.1) is 0 Å². The fourth-order valence-corrected chi connectivity index (χ4v) is 4.11. The smallest absolute Gasteiger partial charge is 0.325 e. The van der Waals surface area contributed by atoms with E-state index in [0.29, 0.717) is 13.0 Å². The monoisotopic (exact) mass is 364 g/mol. The Kier molecular flexibility index (Phi) is 5.47. The molecule has 134 valence electrons. The summed E-state index contributed by atoms with van der Waals surface area (Å²) in [5.41, 5.74) is 2.12. The lowest BCUT2D eigenvalue weighted by Crippen LogP contribution is -2.45. The lowest BCUT2D eigenvalue weighted by molar-refractivity contribution is -0.141. The first-order valence-electron chi connectivity index (χ1n) is 8.08. The van der Waals surface area contributed by atoms with E-state index >= 15 is 0 Å². The summed E-state index contributed by atoms with van der Waals surface area (Å²) in [6, 6.07) is 5.92. The second kappa shape index (κ2) is 7.77. The van der Waals surface area contributed by atoms with Gasteiger partial charge in [0.15, 0.2) is 0 Å². The minimum absolute atomic E-state index is 0.0614. The fourth-order valence-electron chi connectivity index (χ4n) is 2.88. The molecule has 1 aromatic carbocycles. The molecule has 7 nitrogen and oxygen atoms in total. The van der Waals surface area contributed by atoms with Crippen molar-refractivity contribution in [3.63, 3.8) is 0 Å². The number of ether oxygens (including phenoxy) is 2. The largest absolute Gasteiger partial charge is 0.493 e. The molecule has 1 unspecified atom stereocenters. The zero-order valence-corrected chi connectivity index (χ0v) is 14.8. The van der Waals surface area contributed by atoms with Crippen LogP contribution < -0.4 is 10.1 Å². The third-order valence-corrected chi connectivity index (χ3v) is 5.45. The maximum Gasteiger partial charge on any atom is 0.325 e. The maximum absolute atomic E-state index is 12.4. The molecule has 1 aromatic rings. The first-order chi connectivity index (χ1) is 12.1. The molecule has 1 fully saturated rings. The van der Waals surface area contributed by atoms with Crippen LogP contribution in [0.2, 0.25) is 0 Å². The average molecular weight is 364 g/mol. The number of benzene rings is 1. The molecule has 0 spiro atoms. The topological polar surface area (TPSA) is 84.9 Å². The van der Waals surface area contributed by atoms with Crippen LogP contribution in [0.3, 0.4) is 0 Å². The standard InChI is InChI=1S/C17H20N2O5S/c1-23-16(22)9-18-14(20)10-19-15(21)5-7-25-17(19)12-2-3-13-11(8-12)4-6-24-13/h2-3,8,17H,4-7,9-10H2,1H3,(H,18,20). The Bertz CT molecular complexity index is 694. The van der Waals surface area contributed by atoms with Gasteiger partial charge in [0.2, 0.25) is 11.8 Å². The van der Waals surface area contributed by atoms with Gasteiger partial charge in [-0.1, -0.05) is 6.07 Å². The predicted octanol–water partition coefficient (Wildman–Crippen LogP) is 0.875. The second-order valence-electron chi connectivity index (χ2n) is 5.81. The Labute approximate surface area is 150 Å². The van der Waals surface area contributed by atoms with Crippen LogP contribution in [0.4, 0.5) is 0 Å². The second-order valence-corrected chi connectivity index (χ2v) is 7.00. The van der Waals surface area contributed by atoms with Gasteiger partial charge in [0.1, 0.15) is 24.2 Å². The maximum atomic E-state index is 12.4. The fraction of sp³-hybridized carbons (Fsp3) is 0.471. The molecular formula is C17H20N2O5S. The summed E-state index contributed by atoms with van der Waals surface area (Å²) in [5.74, 6) is 0.641. The van der Waals surface area contributed by atoms with Crippen LogP contribution in [0.15, 0.2) is 18.2 Å². The van der Waals surface area contributed by atoms with E-state index in [2.05, 4.69) is 16.1 Å². The normalized spacial score (nSPS) is 19.2. The number of hydrogen-bond donors (Lipinski definition) is 1. The van der Waals surface area contributed by atoms with Crippen LogP contribution in [0.25, 0.3) is 0 Å². The number of amides is 2. The Balaban J connectivity index is 1.72. The van der Waals surface area contributed by atoms with Crippen molar-refractivity contribution in [2.45, 2.75) is 18.2 Å². The molecule has 0 saturated carbocycles. The van der Waals surface area contributed by atoms with Gasteiger partial charge in [0.25, 0.3) is 0 Å². The number of methoxy groups -OCH3 is 1. The molecular weight excluding hydrogens is 344 g/mol. The van der Waals surface area contributed by atoms with E-state index in [0.717, 1.165) is 29.1 Å². The molecule has 2 heterocycles. The van der Waals surface area contributed by atoms with Crippen molar-refractivity contribution in [2.75, 3.05) is 32.6 Å². The summed E-state index contributed by atoms with van der Waals surface area (Å²) >= 11 is 1.64. The SMILES string of the molecule is COC(=O)CNC(=O)CN1C(=O)CCSC1c1ccc2c(c1)CCO2. The van der Waals surface area contributed by atoms with Gasteiger partial charge in [-0.2, -0.15) is 0 Å². The molecule has 0 aromatic heterocycles. The van der Waals surface area contributed by atoms with Gasteiger partial charge in [-0.3, -0.25) is 14.4 Å². The number of esters is 1. The number of thioether (sulfide) groups is 1. The number of carbonyl (C=O) groups is 3. The third-order valence-electron chi connectivity index (χ3n) is 4.17. The van der Waals surface area contributed by atoms with Crippen LogP contribution in [0.5, 0.6) is 5.75 Å². The van der Waals surface area contributed by atoms with Crippen molar-refractivity contribution >= 4 is 29.5 Å². The van der Waals surface area contributed by atoms with E-state index in [1.165, 1.54) is 7.11 Å². The lowest BCUT2D eigenvalue weighted by atomic mass is 10.1. The van der Waals surface area contributed by atoms with Gasteiger partial charge in [0.05, 0.1) is 13.7 Å². The molecule has 0 aliphatic carbocycles. The van der Waals surface area contributed by atoms with Crippen LogP contribution in [-0.2, 0) is 25.5 Å². The molecule has 3 rings (SSSR count). The summed E-state index contributed by atoms with van der Waals surface area (Å²) in [4.78, 5) is 37.2. The molecule has 0 bridgehead atoms. The predicted molar refractivity (Wildman–Crippen MR) is 92.2 cm³/mol. The molecule has 8 heteroatoms. The van der Waals surface area contributed by atoms with Crippen molar-refractivity contribution in [3.05, 3.63) is 29.3 Å². The summed E-state index contributed by atoms with van der Waals surface area (Å²) in [6.07, 6.45) is 1.26. The van der Waals surface area contributed by atoms with Gasteiger partial charge in [-0.05, 0) is 23.3 Å². The Morgan fingerprint density at radius 2 is 2.24 bits per heavy atom. The zero-order valence-electron chi connectivity index (χ0n) is 13.9. The first kappa shape index (κ1) is 17.6. The molecule has 1 N–H and O–H groups in total. The highest BCUT2D eigenvalue weighted by atomic mass is 32.2.